The van der Waals surface area contributed by atoms with Crippen LogP contribution in [0.5, 0.6) is 5.75 Å². The summed E-state index contributed by atoms with van der Waals surface area (Å²) in [5, 5.41) is 10.8. The highest BCUT2D eigenvalue weighted by molar-refractivity contribution is 14.0. The Morgan fingerprint density at radius 3 is 2.79 bits per heavy atom. The Balaban J connectivity index is 0.00000288. The number of hydrogen-bond donors (Lipinski definition) is 2. The number of ether oxygens (including phenoxy) is 1. The first-order chi connectivity index (χ1) is 11.3. The highest BCUT2D eigenvalue weighted by Gasteiger charge is 2.02. The van der Waals surface area contributed by atoms with Crippen LogP contribution in [-0.4, -0.2) is 35.9 Å². The van der Waals surface area contributed by atoms with Gasteiger partial charge in [0.1, 0.15) is 5.75 Å². The van der Waals surface area contributed by atoms with Crippen LogP contribution >= 0.6 is 24.0 Å². The molecule has 0 atom stereocenters. The van der Waals surface area contributed by atoms with Gasteiger partial charge in [-0.2, -0.15) is 5.10 Å². The molecule has 0 aliphatic heterocycles. The molecule has 1 heterocycles. The third-order valence-electron chi connectivity index (χ3n) is 3.36. The lowest BCUT2D eigenvalue weighted by molar-refractivity contribution is 0.410. The molecule has 2 N–H and O–H groups in total. The number of rotatable bonds is 8. The molecule has 7 heteroatoms. The number of nitrogens with one attached hydrogen (secondary N) is 2. The minimum absolute atomic E-state index is 0. The predicted molar refractivity (Wildman–Crippen MR) is 108 cm³/mol. The van der Waals surface area contributed by atoms with E-state index in [1.807, 2.05) is 41.2 Å². The summed E-state index contributed by atoms with van der Waals surface area (Å²) in [6.45, 7) is 5.21. The Morgan fingerprint density at radius 1 is 1.25 bits per heavy atom. The van der Waals surface area contributed by atoms with Crippen LogP contribution in [0.15, 0.2) is 47.7 Å². The first-order valence-electron chi connectivity index (χ1n) is 7.95. The van der Waals surface area contributed by atoms with Crippen LogP contribution < -0.4 is 15.4 Å². The highest BCUT2D eigenvalue weighted by Crippen LogP contribution is 2.17. The molecule has 1 aromatic carbocycles. The van der Waals surface area contributed by atoms with Crippen LogP contribution in [0.3, 0.4) is 0 Å². The van der Waals surface area contributed by atoms with Gasteiger partial charge in [-0.05, 0) is 25.5 Å². The molecule has 0 fully saturated rings. The Kier molecular flexibility index (Phi) is 9.90. The number of halogens is 1. The van der Waals surface area contributed by atoms with Crippen molar-refractivity contribution in [2.45, 2.75) is 26.4 Å². The van der Waals surface area contributed by atoms with Gasteiger partial charge in [-0.25, -0.2) is 4.99 Å². The Labute approximate surface area is 160 Å². The van der Waals surface area contributed by atoms with Gasteiger partial charge in [-0.1, -0.05) is 18.2 Å². The maximum Gasteiger partial charge on any atom is 0.191 e. The fourth-order valence-corrected chi connectivity index (χ4v) is 2.22. The first-order valence-corrected chi connectivity index (χ1v) is 7.95. The van der Waals surface area contributed by atoms with E-state index in [1.165, 1.54) is 0 Å². The second-order valence-corrected chi connectivity index (χ2v) is 5.06. The van der Waals surface area contributed by atoms with Crippen molar-refractivity contribution >= 4 is 29.9 Å². The topological polar surface area (TPSA) is 63.5 Å². The van der Waals surface area contributed by atoms with Crippen molar-refractivity contribution in [1.82, 2.24) is 20.4 Å². The molecule has 0 bridgehead atoms. The third-order valence-corrected chi connectivity index (χ3v) is 3.36. The zero-order chi connectivity index (χ0) is 16.3. The normalized spacial score (nSPS) is 10.8. The van der Waals surface area contributed by atoms with E-state index in [-0.39, 0.29) is 24.0 Å². The van der Waals surface area contributed by atoms with Crippen molar-refractivity contribution in [2.75, 3.05) is 20.2 Å². The molecule has 0 unspecified atom stereocenters. The van der Waals surface area contributed by atoms with E-state index in [2.05, 4.69) is 27.6 Å². The van der Waals surface area contributed by atoms with Gasteiger partial charge in [0, 0.05) is 37.6 Å². The van der Waals surface area contributed by atoms with Gasteiger partial charge in [0.05, 0.1) is 13.7 Å². The lowest BCUT2D eigenvalue weighted by Gasteiger charge is -2.12. The number of hydrogen-bond acceptors (Lipinski definition) is 3. The van der Waals surface area contributed by atoms with Crippen molar-refractivity contribution in [3.8, 4) is 5.75 Å². The SMILES string of the molecule is CCNC(=NCc1ccccc1OC)NCCCn1cccn1.I. The number of aryl methyl sites for hydroxylation is 1. The first kappa shape index (κ1) is 20.3. The van der Waals surface area contributed by atoms with Crippen molar-refractivity contribution in [2.24, 2.45) is 4.99 Å². The summed E-state index contributed by atoms with van der Waals surface area (Å²) in [5.41, 5.74) is 1.07. The summed E-state index contributed by atoms with van der Waals surface area (Å²) in [6.07, 6.45) is 4.76. The van der Waals surface area contributed by atoms with E-state index in [9.17, 15) is 0 Å². The molecule has 132 valence electrons. The van der Waals surface area contributed by atoms with Crippen LogP contribution in [0.2, 0.25) is 0 Å². The van der Waals surface area contributed by atoms with Crippen LogP contribution in [0, 0.1) is 0 Å². The quantitative estimate of drug-likeness (QED) is 0.285. The number of aliphatic imine (C=N–C) groups is 1. The second-order valence-electron chi connectivity index (χ2n) is 5.06. The summed E-state index contributed by atoms with van der Waals surface area (Å²) in [5.74, 6) is 1.68. The van der Waals surface area contributed by atoms with Gasteiger partial charge in [-0.3, -0.25) is 4.68 Å². The number of aromatic nitrogens is 2. The van der Waals surface area contributed by atoms with E-state index in [1.54, 1.807) is 13.3 Å². The average Bonchev–Trinajstić information content (AvgIpc) is 3.10. The summed E-state index contributed by atoms with van der Waals surface area (Å²) in [7, 11) is 1.68. The number of guanidine groups is 1. The monoisotopic (exact) mass is 443 g/mol. The zero-order valence-corrected chi connectivity index (χ0v) is 16.6. The molecule has 0 saturated heterocycles. The van der Waals surface area contributed by atoms with Gasteiger partial charge in [0.25, 0.3) is 0 Å². The highest BCUT2D eigenvalue weighted by atomic mass is 127. The number of methoxy groups -OCH3 is 1. The fraction of sp³-hybridized carbons (Fsp3) is 0.412. The lowest BCUT2D eigenvalue weighted by Crippen LogP contribution is -2.38. The van der Waals surface area contributed by atoms with Gasteiger partial charge >= 0.3 is 0 Å². The Bertz CT molecular complexity index is 601. The Morgan fingerprint density at radius 2 is 2.08 bits per heavy atom. The predicted octanol–water partition coefficient (Wildman–Crippen LogP) is 2.66. The molecule has 0 aliphatic rings. The van der Waals surface area contributed by atoms with Crippen molar-refractivity contribution in [3.05, 3.63) is 48.3 Å². The fourth-order valence-electron chi connectivity index (χ4n) is 2.22. The van der Waals surface area contributed by atoms with Gasteiger partial charge < -0.3 is 15.4 Å². The largest absolute Gasteiger partial charge is 0.496 e. The van der Waals surface area contributed by atoms with Crippen molar-refractivity contribution < 1.29 is 4.74 Å². The number of para-hydroxylation sites is 1. The summed E-state index contributed by atoms with van der Waals surface area (Å²) in [6, 6.07) is 9.88. The minimum atomic E-state index is 0. The van der Waals surface area contributed by atoms with Gasteiger partial charge in [0.15, 0.2) is 5.96 Å². The average molecular weight is 443 g/mol. The summed E-state index contributed by atoms with van der Waals surface area (Å²) < 4.78 is 7.29. The minimum Gasteiger partial charge on any atom is -0.496 e. The van der Waals surface area contributed by atoms with Crippen LogP contribution in [0.25, 0.3) is 0 Å². The van der Waals surface area contributed by atoms with E-state index in [0.29, 0.717) is 6.54 Å². The molecule has 2 aromatic rings. The van der Waals surface area contributed by atoms with E-state index >= 15 is 0 Å². The maximum atomic E-state index is 5.36. The smallest absolute Gasteiger partial charge is 0.191 e. The molecular formula is C17H26IN5O. The molecule has 2 rings (SSSR count). The van der Waals surface area contributed by atoms with Crippen molar-refractivity contribution in [3.63, 3.8) is 0 Å². The zero-order valence-electron chi connectivity index (χ0n) is 14.2. The third kappa shape index (κ3) is 6.77. The second kappa shape index (κ2) is 11.7. The molecule has 6 nitrogen and oxygen atoms in total. The molecular weight excluding hydrogens is 417 g/mol. The van der Waals surface area contributed by atoms with E-state index in [0.717, 1.165) is 43.3 Å². The lowest BCUT2D eigenvalue weighted by atomic mass is 10.2. The molecule has 0 aliphatic carbocycles. The summed E-state index contributed by atoms with van der Waals surface area (Å²) in [4.78, 5) is 4.62. The van der Waals surface area contributed by atoms with Crippen LogP contribution in [0.4, 0.5) is 0 Å². The molecule has 0 amide bonds. The standard InChI is InChI=1S/C17H25N5O.HI/c1-3-18-17(19-10-6-12-22-13-7-11-21-22)20-14-15-8-4-5-9-16(15)23-2;/h4-5,7-9,11,13H,3,6,10,12,14H2,1-2H3,(H2,18,19,20);1H. The maximum absolute atomic E-state index is 5.36. The van der Waals surface area contributed by atoms with Crippen LogP contribution in [0.1, 0.15) is 18.9 Å². The van der Waals surface area contributed by atoms with Crippen molar-refractivity contribution in [1.29, 1.82) is 0 Å². The number of benzene rings is 1. The summed E-state index contributed by atoms with van der Waals surface area (Å²) >= 11 is 0. The van der Waals surface area contributed by atoms with E-state index < -0.39 is 0 Å². The molecule has 0 spiro atoms. The van der Waals surface area contributed by atoms with E-state index in [4.69, 9.17) is 4.74 Å². The molecule has 24 heavy (non-hydrogen) atoms. The molecule has 1 aromatic heterocycles. The molecule has 0 saturated carbocycles. The van der Waals surface area contributed by atoms with Crippen LogP contribution in [-0.2, 0) is 13.1 Å². The molecule has 0 radical (unpaired) electrons. The van der Waals surface area contributed by atoms with Gasteiger partial charge in [-0.15, -0.1) is 24.0 Å². The number of nitrogens with zero attached hydrogens (tertiary/aromatic N) is 3. The Hall–Kier alpha value is -1.77. The van der Waals surface area contributed by atoms with Gasteiger partial charge in [0.2, 0.25) is 0 Å².